The molecule has 0 aromatic heterocycles. The third-order valence-corrected chi connectivity index (χ3v) is 2.39. The minimum atomic E-state index is -1.17. The van der Waals surface area contributed by atoms with Gasteiger partial charge in [0.2, 0.25) is 0 Å². The van der Waals surface area contributed by atoms with Crippen LogP contribution in [0.5, 0.6) is 11.5 Å². The fraction of sp³-hybridized carbons (Fsp3) is 0.333. The van der Waals surface area contributed by atoms with E-state index >= 15 is 0 Å². The van der Waals surface area contributed by atoms with Crippen molar-refractivity contribution in [2.24, 2.45) is 0 Å². The molecule has 1 aromatic carbocycles. The first-order chi connectivity index (χ1) is 8.53. The van der Waals surface area contributed by atoms with E-state index in [9.17, 15) is 9.59 Å². The average Bonchev–Trinajstić information content (AvgIpc) is 2.36. The maximum absolute atomic E-state index is 11.3. The second-order valence-corrected chi connectivity index (χ2v) is 3.42. The molecule has 0 aliphatic carbocycles. The number of hydrogen-bond donors (Lipinski definition) is 1. The summed E-state index contributed by atoms with van der Waals surface area (Å²) in [5.41, 5.74) is 0.217. The smallest absolute Gasteiger partial charge is 0.339 e. The fourth-order valence-corrected chi connectivity index (χ4v) is 1.53. The van der Waals surface area contributed by atoms with Crippen molar-refractivity contribution in [2.45, 2.75) is 6.42 Å². The zero-order chi connectivity index (χ0) is 13.7. The Hall–Kier alpha value is -2.24. The molecule has 6 heteroatoms. The van der Waals surface area contributed by atoms with Crippen LogP contribution in [0.2, 0.25) is 0 Å². The number of rotatable bonds is 5. The number of carbonyl (C=O) groups excluding carboxylic acids is 1. The van der Waals surface area contributed by atoms with Crippen molar-refractivity contribution in [3.63, 3.8) is 0 Å². The van der Waals surface area contributed by atoms with Crippen LogP contribution in [-0.2, 0) is 16.0 Å². The number of carbonyl (C=O) groups is 2. The predicted molar refractivity (Wildman–Crippen MR) is 62.2 cm³/mol. The van der Waals surface area contributed by atoms with E-state index in [4.69, 9.17) is 14.6 Å². The molecule has 18 heavy (non-hydrogen) atoms. The van der Waals surface area contributed by atoms with Crippen molar-refractivity contribution in [3.8, 4) is 11.5 Å². The molecule has 98 valence electrons. The molecular weight excluding hydrogens is 240 g/mol. The van der Waals surface area contributed by atoms with Gasteiger partial charge in [0, 0.05) is 6.07 Å². The first-order valence-corrected chi connectivity index (χ1v) is 5.08. The van der Waals surface area contributed by atoms with Crippen LogP contribution in [0.25, 0.3) is 0 Å². The number of hydrogen-bond acceptors (Lipinski definition) is 5. The molecule has 0 unspecified atom stereocenters. The lowest BCUT2D eigenvalue weighted by Gasteiger charge is -2.12. The van der Waals surface area contributed by atoms with E-state index in [-0.39, 0.29) is 23.3 Å². The lowest BCUT2D eigenvalue weighted by molar-refractivity contribution is -0.139. The van der Waals surface area contributed by atoms with E-state index in [0.29, 0.717) is 5.75 Å². The van der Waals surface area contributed by atoms with Crippen molar-refractivity contribution >= 4 is 11.9 Å². The molecule has 1 rings (SSSR count). The highest BCUT2D eigenvalue weighted by molar-refractivity contribution is 5.94. The molecule has 0 atom stereocenters. The first kappa shape index (κ1) is 13.8. The standard InChI is InChI=1S/C12H14O6/c1-16-8-4-7(5-10(13)18-3)11(12(14)15)9(6-8)17-2/h4,6H,5H2,1-3H3,(H,14,15). The van der Waals surface area contributed by atoms with Crippen LogP contribution in [0.4, 0.5) is 0 Å². The Labute approximate surface area is 104 Å². The number of benzene rings is 1. The normalized spacial score (nSPS) is 9.72. The summed E-state index contributed by atoms with van der Waals surface area (Å²) in [6.45, 7) is 0. The largest absolute Gasteiger partial charge is 0.497 e. The maximum atomic E-state index is 11.3. The Morgan fingerprint density at radius 3 is 2.28 bits per heavy atom. The van der Waals surface area contributed by atoms with Gasteiger partial charge in [-0.2, -0.15) is 0 Å². The van der Waals surface area contributed by atoms with E-state index < -0.39 is 11.9 Å². The molecule has 0 spiro atoms. The van der Waals surface area contributed by atoms with Crippen LogP contribution >= 0.6 is 0 Å². The summed E-state index contributed by atoms with van der Waals surface area (Å²) in [6, 6.07) is 2.92. The van der Waals surface area contributed by atoms with Crippen molar-refractivity contribution in [2.75, 3.05) is 21.3 Å². The third-order valence-electron chi connectivity index (χ3n) is 2.39. The van der Waals surface area contributed by atoms with Crippen LogP contribution < -0.4 is 9.47 Å². The van der Waals surface area contributed by atoms with Gasteiger partial charge < -0.3 is 19.3 Å². The van der Waals surface area contributed by atoms with Crippen molar-refractivity contribution in [1.82, 2.24) is 0 Å². The van der Waals surface area contributed by atoms with E-state index in [2.05, 4.69) is 4.74 Å². The number of aromatic carboxylic acids is 1. The molecule has 0 amide bonds. The Bertz CT molecular complexity index is 466. The zero-order valence-corrected chi connectivity index (χ0v) is 10.4. The third kappa shape index (κ3) is 2.91. The quantitative estimate of drug-likeness (QED) is 0.793. The lowest BCUT2D eigenvalue weighted by atomic mass is 10.0. The highest BCUT2D eigenvalue weighted by Crippen LogP contribution is 2.29. The first-order valence-electron chi connectivity index (χ1n) is 5.08. The molecule has 0 fully saturated rings. The Morgan fingerprint density at radius 2 is 1.83 bits per heavy atom. The van der Waals surface area contributed by atoms with Crippen molar-refractivity contribution < 1.29 is 28.9 Å². The van der Waals surface area contributed by atoms with Crippen LogP contribution in [0, 0.1) is 0 Å². The molecule has 0 aliphatic heterocycles. The molecule has 0 saturated heterocycles. The molecule has 6 nitrogen and oxygen atoms in total. The van der Waals surface area contributed by atoms with Gasteiger partial charge in [0.1, 0.15) is 17.1 Å². The number of esters is 1. The van der Waals surface area contributed by atoms with Crippen LogP contribution in [-0.4, -0.2) is 38.4 Å². The van der Waals surface area contributed by atoms with E-state index in [1.54, 1.807) is 0 Å². The number of carboxylic acid groups (broad SMARTS) is 1. The predicted octanol–water partition coefficient (Wildman–Crippen LogP) is 1.12. The van der Waals surface area contributed by atoms with Gasteiger partial charge in [0.05, 0.1) is 27.8 Å². The minimum Gasteiger partial charge on any atom is -0.497 e. The van der Waals surface area contributed by atoms with Crippen molar-refractivity contribution in [3.05, 3.63) is 23.3 Å². The second-order valence-electron chi connectivity index (χ2n) is 3.42. The van der Waals surface area contributed by atoms with Crippen LogP contribution in [0.3, 0.4) is 0 Å². The molecule has 0 aliphatic rings. The van der Waals surface area contributed by atoms with Gasteiger partial charge in [-0.05, 0) is 11.6 Å². The van der Waals surface area contributed by atoms with Gasteiger partial charge in [-0.3, -0.25) is 4.79 Å². The van der Waals surface area contributed by atoms with Gasteiger partial charge >= 0.3 is 11.9 Å². The van der Waals surface area contributed by atoms with E-state index in [1.807, 2.05) is 0 Å². The second kappa shape index (κ2) is 5.90. The molecule has 0 saturated carbocycles. The highest BCUT2D eigenvalue weighted by Gasteiger charge is 2.20. The Morgan fingerprint density at radius 1 is 1.17 bits per heavy atom. The summed E-state index contributed by atoms with van der Waals surface area (Å²) in [6.07, 6.45) is -0.161. The van der Waals surface area contributed by atoms with Gasteiger partial charge in [0.25, 0.3) is 0 Å². The molecule has 1 N–H and O–H groups in total. The van der Waals surface area contributed by atoms with Crippen molar-refractivity contribution in [1.29, 1.82) is 0 Å². The number of carboxylic acids is 1. The molecular formula is C12H14O6. The SMILES string of the molecule is COC(=O)Cc1cc(OC)cc(OC)c1C(=O)O. The topological polar surface area (TPSA) is 82.1 Å². The van der Waals surface area contributed by atoms with Crippen LogP contribution in [0.1, 0.15) is 15.9 Å². The summed E-state index contributed by atoms with van der Waals surface area (Å²) in [5, 5.41) is 9.15. The maximum Gasteiger partial charge on any atom is 0.339 e. The molecule has 0 heterocycles. The van der Waals surface area contributed by atoms with E-state index in [1.165, 1.54) is 33.5 Å². The molecule has 1 aromatic rings. The zero-order valence-electron chi connectivity index (χ0n) is 10.4. The lowest BCUT2D eigenvalue weighted by Crippen LogP contribution is -2.11. The van der Waals surface area contributed by atoms with Gasteiger partial charge in [-0.15, -0.1) is 0 Å². The monoisotopic (exact) mass is 254 g/mol. The Kier molecular flexibility index (Phi) is 4.53. The summed E-state index contributed by atoms with van der Waals surface area (Å²) in [5.74, 6) is -1.15. The van der Waals surface area contributed by atoms with Crippen LogP contribution in [0.15, 0.2) is 12.1 Å². The molecule has 0 bridgehead atoms. The molecule has 0 radical (unpaired) electrons. The average molecular weight is 254 g/mol. The summed E-state index contributed by atoms with van der Waals surface area (Å²) < 4.78 is 14.5. The summed E-state index contributed by atoms with van der Waals surface area (Å²) in [4.78, 5) is 22.5. The van der Waals surface area contributed by atoms with Gasteiger partial charge in [0.15, 0.2) is 0 Å². The number of ether oxygens (including phenoxy) is 3. The summed E-state index contributed by atoms with van der Waals surface area (Å²) in [7, 11) is 4.03. The van der Waals surface area contributed by atoms with E-state index in [0.717, 1.165) is 0 Å². The minimum absolute atomic E-state index is 0.0660. The summed E-state index contributed by atoms with van der Waals surface area (Å²) >= 11 is 0. The Balaban J connectivity index is 3.34. The van der Waals surface area contributed by atoms with Gasteiger partial charge in [-0.1, -0.05) is 0 Å². The van der Waals surface area contributed by atoms with Gasteiger partial charge in [-0.25, -0.2) is 4.79 Å². The fourth-order valence-electron chi connectivity index (χ4n) is 1.53. The number of methoxy groups -OCH3 is 3. The highest BCUT2D eigenvalue weighted by atomic mass is 16.5.